The van der Waals surface area contributed by atoms with Crippen molar-refractivity contribution in [1.82, 2.24) is 14.9 Å². The van der Waals surface area contributed by atoms with E-state index in [0.717, 1.165) is 16.5 Å². The summed E-state index contributed by atoms with van der Waals surface area (Å²) in [6.45, 7) is 1.97. The number of hydrogen-bond acceptors (Lipinski definition) is 4. The quantitative estimate of drug-likeness (QED) is 0.804. The summed E-state index contributed by atoms with van der Waals surface area (Å²) in [5.41, 5.74) is 8.13. The maximum atomic E-state index is 13.7. The molecule has 1 amide bonds. The molecule has 0 aliphatic carbocycles. The Morgan fingerprint density at radius 3 is 2.83 bits per heavy atom. The van der Waals surface area contributed by atoms with E-state index in [1.54, 1.807) is 25.2 Å². The molecule has 24 heavy (non-hydrogen) atoms. The molecule has 0 bridgehead atoms. The van der Waals surface area contributed by atoms with E-state index in [0.29, 0.717) is 11.4 Å². The summed E-state index contributed by atoms with van der Waals surface area (Å²) in [7, 11) is 1.62. The van der Waals surface area contributed by atoms with Gasteiger partial charge in [-0.2, -0.15) is 0 Å². The van der Waals surface area contributed by atoms with E-state index in [1.165, 1.54) is 23.2 Å². The Kier molecular flexibility index (Phi) is 4.12. The van der Waals surface area contributed by atoms with Gasteiger partial charge in [-0.3, -0.25) is 9.78 Å². The van der Waals surface area contributed by atoms with Crippen molar-refractivity contribution in [1.29, 1.82) is 0 Å². The van der Waals surface area contributed by atoms with E-state index in [4.69, 9.17) is 5.73 Å². The van der Waals surface area contributed by atoms with Gasteiger partial charge in [0, 0.05) is 24.2 Å². The summed E-state index contributed by atoms with van der Waals surface area (Å²) in [5.74, 6) is -0.160. The third-order valence-corrected chi connectivity index (χ3v) is 3.86. The number of amides is 1. The summed E-state index contributed by atoms with van der Waals surface area (Å²) in [4.78, 5) is 22.3. The molecule has 0 fully saturated rings. The van der Waals surface area contributed by atoms with Gasteiger partial charge in [-0.1, -0.05) is 0 Å². The number of nitrogens with zero attached hydrogens (tertiary/aromatic N) is 3. The molecule has 3 rings (SSSR count). The zero-order valence-corrected chi connectivity index (χ0v) is 13.5. The maximum absolute atomic E-state index is 13.7. The summed E-state index contributed by atoms with van der Waals surface area (Å²) in [5, 5.41) is 0.838. The van der Waals surface area contributed by atoms with Gasteiger partial charge < -0.3 is 10.6 Å². The Bertz CT molecular complexity index is 926. The number of halogens is 1. The van der Waals surface area contributed by atoms with Gasteiger partial charge in [0.15, 0.2) is 0 Å². The van der Waals surface area contributed by atoms with E-state index in [9.17, 15) is 9.18 Å². The first kappa shape index (κ1) is 15.9. The number of hydrogen-bond donors (Lipinski definition) is 1. The van der Waals surface area contributed by atoms with Crippen molar-refractivity contribution in [2.75, 3.05) is 12.8 Å². The van der Waals surface area contributed by atoms with Crippen LogP contribution in [0, 0.1) is 12.7 Å². The first-order valence-corrected chi connectivity index (χ1v) is 7.47. The molecule has 2 aromatic heterocycles. The minimum Gasteiger partial charge on any atom is -0.383 e. The van der Waals surface area contributed by atoms with Crippen molar-refractivity contribution in [3.63, 3.8) is 0 Å². The molecule has 2 heterocycles. The lowest BCUT2D eigenvalue weighted by Gasteiger charge is -2.17. The number of nitrogen functional groups attached to an aromatic ring is 1. The Hall–Kier alpha value is -3.02. The molecule has 0 spiro atoms. The SMILES string of the molecule is Cc1cc2cc(C(=O)N(C)Cc3ncccc3F)ccc2nc1N. The normalized spacial score (nSPS) is 10.8. The van der Waals surface area contributed by atoms with E-state index in [2.05, 4.69) is 9.97 Å². The molecule has 0 atom stereocenters. The third kappa shape index (κ3) is 3.03. The Balaban J connectivity index is 1.87. The predicted octanol–water partition coefficient (Wildman–Crippen LogP) is 2.93. The molecule has 3 aromatic rings. The summed E-state index contributed by atoms with van der Waals surface area (Å²) in [6.07, 6.45) is 1.51. The summed E-state index contributed by atoms with van der Waals surface area (Å²) >= 11 is 0. The van der Waals surface area contributed by atoms with Crippen molar-refractivity contribution in [2.24, 2.45) is 0 Å². The fraction of sp³-hybridized carbons (Fsp3) is 0.167. The van der Waals surface area contributed by atoms with Crippen LogP contribution in [0.4, 0.5) is 10.2 Å². The smallest absolute Gasteiger partial charge is 0.253 e. The Labute approximate surface area is 138 Å². The molecule has 0 aliphatic rings. The van der Waals surface area contributed by atoms with Crippen LogP contribution in [0.15, 0.2) is 42.6 Å². The topological polar surface area (TPSA) is 72.1 Å². The van der Waals surface area contributed by atoms with Gasteiger partial charge in [0.2, 0.25) is 0 Å². The number of fused-ring (bicyclic) bond motifs is 1. The molecular weight excluding hydrogens is 307 g/mol. The molecule has 0 saturated carbocycles. The number of aromatic nitrogens is 2. The zero-order chi connectivity index (χ0) is 17.3. The monoisotopic (exact) mass is 324 g/mol. The lowest BCUT2D eigenvalue weighted by molar-refractivity contribution is 0.0782. The van der Waals surface area contributed by atoms with E-state index in [-0.39, 0.29) is 18.1 Å². The second kappa shape index (κ2) is 6.23. The van der Waals surface area contributed by atoms with Crippen LogP contribution in [-0.4, -0.2) is 27.8 Å². The summed E-state index contributed by atoms with van der Waals surface area (Å²) in [6, 6.07) is 9.96. The minimum absolute atomic E-state index is 0.0998. The van der Waals surface area contributed by atoms with Gasteiger partial charge in [0.05, 0.1) is 17.8 Å². The Morgan fingerprint density at radius 1 is 1.29 bits per heavy atom. The summed E-state index contributed by atoms with van der Waals surface area (Å²) < 4.78 is 13.7. The van der Waals surface area contributed by atoms with Crippen molar-refractivity contribution >= 4 is 22.6 Å². The number of nitrogens with two attached hydrogens (primary N) is 1. The van der Waals surface area contributed by atoms with E-state index in [1.807, 2.05) is 13.0 Å². The molecule has 122 valence electrons. The molecule has 1 aromatic carbocycles. The molecule has 6 heteroatoms. The first-order chi connectivity index (χ1) is 11.5. The highest BCUT2D eigenvalue weighted by molar-refractivity contribution is 5.98. The van der Waals surface area contributed by atoms with Crippen LogP contribution in [-0.2, 0) is 6.54 Å². The number of carbonyl (C=O) groups excluding carboxylic acids is 1. The number of pyridine rings is 2. The highest BCUT2D eigenvalue weighted by Crippen LogP contribution is 2.20. The number of carbonyl (C=O) groups is 1. The van der Waals surface area contributed by atoms with Gasteiger partial charge in [0.25, 0.3) is 5.91 Å². The van der Waals surface area contributed by atoms with Crippen molar-refractivity contribution < 1.29 is 9.18 Å². The fourth-order valence-electron chi connectivity index (χ4n) is 2.48. The third-order valence-electron chi connectivity index (χ3n) is 3.86. The highest BCUT2D eigenvalue weighted by atomic mass is 19.1. The lowest BCUT2D eigenvalue weighted by Crippen LogP contribution is -2.27. The molecular formula is C18H17FN4O. The fourth-order valence-corrected chi connectivity index (χ4v) is 2.48. The van der Waals surface area contributed by atoms with Crippen LogP contribution >= 0.6 is 0 Å². The molecule has 2 N–H and O–H groups in total. The standard InChI is InChI=1S/C18H17FN4O/c1-11-8-13-9-12(5-6-15(13)22-17(11)20)18(24)23(2)10-16-14(19)4-3-7-21-16/h3-9H,10H2,1-2H3,(H2,20,22). The lowest BCUT2D eigenvalue weighted by atomic mass is 10.1. The second-order valence-electron chi connectivity index (χ2n) is 5.69. The first-order valence-electron chi connectivity index (χ1n) is 7.47. The van der Waals surface area contributed by atoms with Gasteiger partial charge in [-0.25, -0.2) is 9.37 Å². The van der Waals surface area contributed by atoms with Crippen molar-refractivity contribution in [3.05, 3.63) is 65.2 Å². The molecule has 0 aliphatic heterocycles. The van der Waals surface area contributed by atoms with Gasteiger partial charge in [-0.15, -0.1) is 0 Å². The van der Waals surface area contributed by atoms with Crippen molar-refractivity contribution in [2.45, 2.75) is 13.5 Å². The average Bonchev–Trinajstić information content (AvgIpc) is 2.57. The van der Waals surface area contributed by atoms with Crippen LogP contribution in [0.3, 0.4) is 0 Å². The average molecular weight is 324 g/mol. The minimum atomic E-state index is -0.425. The Morgan fingerprint density at radius 2 is 2.08 bits per heavy atom. The maximum Gasteiger partial charge on any atom is 0.253 e. The predicted molar refractivity (Wildman–Crippen MR) is 90.9 cm³/mol. The molecule has 5 nitrogen and oxygen atoms in total. The largest absolute Gasteiger partial charge is 0.383 e. The number of rotatable bonds is 3. The van der Waals surface area contributed by atoms with Crippen molar-refractivity contribution in [3.8, 4) is 0 Å². The number of benzene rings is 1. The van der Waals surface area contributed by atoms with Crippen LogP contribution in [0.2, 0.25) is 0 Å². The van der Waals surface area contributed by atoms with E-state index < -0.39 is 5.82 Å². The zero-order valence-electron chi connectivity index (χ0n) is 13.5. The number of anilines is 1. The van der Waals surface area contributed by atoms with Crippen LogP contribution in [0.25, 0.3) is 10.9 Å². The van der Waals surface area contributed by atoms with Gasteiger partial charge in [-0.05, 0) is 48.9 Å². The van der Waals surface area contributed by atoms with Crippen LogP contribution in [0.5, 0.6) is 0 Å². The van der Waals surface area contributed by atoms with Crippen LogP contribution < -0.4 is 5.73 Å². The molecule has 0 saturated heterocycles. The number of aryl methyl sites for hydroxylation is 1. The van der Waals surface area contributed by atoms with Crippen LogP contribution in [0.1, 0.15) is 21.6 Å². The molecule has 0 unspecified atom stereocenters. The second-order valence-corrected chi connectivity index (χ2v) is 5.69. The van der Waals surface area contributed by atoms with E-state index >= 15 is 0 Å². The van der Waals surface area contributed by atoms with Gasteiger partial charge >= 0.3 is 0 Å². The highest BCUT2D eigenvalue weighted by Gasteiger charge is 2.15. The molecule has 0 radical (unpaired) electrons. The van der Waals surface area contributed by atoms with Gasteiger partial charge in [0.1, 0.15) is 11.6 Å².